The summed E-state index contributed by atoms with van der Waals surface area (Å²) in [7, 11) is 0. The van der Waals surface area contributed by atoms with Gasteiger partial charge in [0.05, 0.1) is 13.2 Å². The number of hydrogen-bond donors (Lipinski definition) is 1. The van der Waals surface area contributed by atoms with Crippen LogP contribution in [0.4, 0.5) is 0 Å². The molecule has 0 aliphatic heterocycles. The van der Waals surface area contributed by atoms with Crippen LogP contribution in [0.15, 0.2) is 25.3 Å². The first kappa shape index (κ1) is 17.4. The molecule has 19 heavy (non-hydrogen) atoms. The van der Waals surface area contributed by atoms with Gasteiger partial charge in [0.15, 0.2) is 0 Å². The molecule has 5 heteroatoms. The standard InChI is InChI=1S/C14H23NO4/c1-5-13(16)18-9-11(3)7-15-8-12(4)10-19-14(17)6-2/h5-6,11-12,15H,1-2,7-10H2,3-4H3. The number of ether oxygens (including phenoxy) is 2. The van der Waals surface area contributed by atoms with Crippen LogP contribution in [0.5, 0.6) is 0 Å². The summed E-state index contributed by atoms with van der Waals surface area (Å²) in [6.45, 7) is 12.8. The fraction of sp³-hybridized carbons (Fsp3) is 0.571. The lowest BCUT2D eigenvalue weighted by molar-refractivity contribution is -0.139. The largest absolute Gasteiger partial charge is 0.462 e. The molecule has 0 bridgehead atoms. The Balaban J connectivity index is 3.60. The van der Waals surface area contributed by atoms with Crippen molar-refractivity contribution < 1.29 is 19.1 Å². The molecule has 2 unspecified atom stereocenters. The van der Waals surface area contributed by atoms with E-state index < -0.39 is 11.9 Å². The molecule has 0 heterocycles. The van der Waals surface area contributed by atoms with E-state index in [0.29, 0.717) is 13.2 Å². The SMILES string of the molecule is C=CC(=O)OCC(C)CNCC(C)COC(=O)C=C. The average molecular weight is 269 g/mol. The Kier molecular flexibility index (Phi) is 9.44. The van der Waals surface area contributed by atoms with Crippen molar-refractivity contribution in [3.05, 3.63) is 25.3 Å². The number of esters is 2. The van der Waals surface area contributed by atoms with Crippen molar-refractivity contribution in [1.82, 2.24) is 5.32 Å². The summed E-state index contributed by atoms with van der Waals surface area (Å²) < 4.78 is 9.85. The van der Waals surface area contributed by atoms with E-state index in [9.17, 15) is 9.59 Å². The fourth-order valence-electron chi connectivity index (χ4n) is 1.26. The van der Waals surface area contributed by atoms with Crippen LogP contribution in [0.2, 0.25) is 0 Å². The Morgan fingerprint density at radius 2 is 1.37 bits per heavy atom. The van der Waals surface area contributed by atoms with Crippen molar-refractivity contribution in [3.8, 4) is 0 Å². The number of carbonyl (C=O) groups excluding carboxylic acids is 2. The van der Waals surface area contributed by atoms with Crippen LogP contribution >= 0.6 is 0 Å². The summed E-state index contributed by atoms with van der Waals surface area (Å²) in [5.74, 6) is -0.383. The topological polar surface area (TPSA) is 64.6 Å². The molecule has 0 rings (SSSR count). The lowest BCUT2D eigenvalue weighted by Crippen LogP contribution is -2.30. The zero-order valence-corrected chi connectivity index (χ0v) is 11.7. The molecule has 1 N–H and O–H groups in total. The lowest BCUT2D eigenvalue weighted by Gasteiger charge is -2.15. The molecule has 0 aromatic heterocycles. The van der Waals surface area contributed by atoms with E-state index in [0.717, 1.165) is 25.2 Å². The van der Waals surface area contributed by atoms with Gasteiger partial charge in [-0.3, -0.25) is 0 Å². The number of rotatable bonds is 10. The molecule has 0 aliphatic rings. The zero-order chi connectivity index (χ0) is 14.7. The van der Waals surface area contributed by atoms with E-state index in [1.54, 1.807) is 0 Å². The summed E-state index contributed by atoms with van der Waals surface area (Å²) in [5.41, 5.74) is 0. The quantitative estimate of drug-likeness (QED) is 0.478. The van der Waals surface area contributed by atoms with Gasteiger partial charge in [-0.1, -0.05) is 27.0 Å². The van der Waals surface area contributed by atoms with Gasteiger partial charge in [-0.2, -0.15) is 0 Å². The lowest BCUT2D eigenvalue weighted by atomic mass is 10.1. The third kappa shape index (κ3) is 10.0. The Hall–Kier alpha value is -1.62. The molecule has 0 radical (unpaired) electrons. The normalized spacial score (nSPS) is 13.2. The van der Waals surface area contributed by atoms with E-state index >= 15 is 0 Å². The van der Waals surface area contributed by atoms with E-state index in [-0.39, 0.29) is 11.8 Å². The highest BCUT2D eigenvalue weighted by molar-refractivity contribution is 5.81. The molecular formula is C14H23NO4. The number of hydrogen-bond acceptors (Lipinski definition) is 5. The molecule has 108 valence electrons. The monoisotopic (exact) mass is 269 g/mol. The predicted molar refractivity (Wildman–Crippen MR) is 73.5 cm³/mol. The Morgan fingerprint density at radius 3 is 1.68 bits per heavy atom. The second-order valence-electron chi connectivity index (χ2n) is 4.54. The maximum atomic E-state index is 10.9. The van der Waals surface area contributed by atoms with Crippen molar-refractivity contribution in [3.63, 3.8) is 0 Å². The van der Waals surface area contributed by atoms with Crippen LogP contribution in [0.3, 0.4) is 0 Å². The van der Waals surface area contributed by atoms with E-state index in [2.05, 4.69) is 18.5 Å². The van der Waals surface area contributed by atoms with Crippen molar-refractivity contribution >= 4 is 11.9 Å². The summed E-state index contributed by atoms with van der Waals surface area (Å²) in [4.78, 5) is 21.7. The first-order valence-corrected chi connectivity index (χ1v) is 6.28. The van der Waals surface area contributed by atoms with Crippen LogP contribution in [-0.2, 0) is 19.1 Å². The van der Waals surface area contributed by atoms with Gasteiger partial charge >= 0.3 is 11.9 Å². The van der Waals surface area contributed by atoms with Gasteiger partial charge in [0.1, 0.15) is 0 Å². The minimum absolute atomic E-state index is 0.215. The van der Waals surface area contributed by atoms with Crippen LogP contribution in [0.1, 0.15) is 13.8 Å². The van der Waals surface area contributed by atoms with Gasteiger partial charge in [-0.15, -0.1) is 0 Å². The Bertz CT molecular complexity index is 285. The van der Waals surface area contributed by atoms with Crippen molar-refractivity contribution in [2.45, 2.75) is 13.8 Å². The molecule has 0 aliphatic carbocycles. The summed E-state index contributed by atoms with van der Waals surface area (Å²) in [6.07, 6.45) is 2.30. The maximum absolute atomic E-state index is 10.9. The molecule has 0 saturated heterocycles. The average Bonchev–Trinajstić information content (AvgIpc) is 2.41. The van der Waals surface area contributed by atoms with Gasteiger partial charge in [-0.25, -0.2) is 9.59 Å². The van der Waals surface area contributed by atoms with Gasteiger partial charge in [0.25, 0.3) is 0 Å². The van der Waals surface area contributed by atoms with Crippen LogP contribution in [-0.4, -0.2) is 38.2 Å². The van der Waals surface area contributed by atoms with Gasteiger partial charge in [0.2, 0.25) is 0 Å². The first-order chi connectivity index (χ1) is 8.99. The predicted octanol–water partition coefficient (Wildman–Crippen LogP) is 1.31. The maximum Gasteiger partial charge on any atom is 0.330 e. The highest BCUT2D eigenvalue weighted by Crippen LogP contribution is 1.98. The smallest absolute Gasteiger partial charge is 0.330 e. The molecule has 0 fully saturated rings. The highest BCUT2D eigenvalue weighted by atomic mass is 16.5. The third-order valence-electron chi connectivity index (χ3n) is 2.34. The number of carbonyl (C=O) groups is 2. The molecule has 0 aromatic carbocycles. The van der Waals surface area contributed by atoms with E-state index in [4.69, 9.17) is 9.47 Å². The molecule has 0 aromatic rings. The minimum atomic E-state index is -0.406. The molecule has 0 amide bonds. The molecule has 0 spiro atoms. The van der Waals surface area contributed by atoms with Crippen molar-refractivity contribution in [2.24, 2.45) is 11.8 Å². The van der Waals surface area contributed by atoms with Crippen LogP contribution in [0, 0.1) is 11.8 Å². The highest BCUT2D eigenvalue weighted by Gasteiger charge is 2.08. The first-order valence-electron chi connectivity index (χ1n) is 6.28. The summed E-state index contributed by atoms with van der Waals surface area (Å²) in [5, 5.41) is 3.23. The zero-order valence-electron chi connectivity index (χ0n) is 11.7. The van der Waals surface area contributed by atoms with Crippen LogP contribution < -0.4 is 5.32 Å². The number of nitrogens with one attached hydrogen (secondary N) is 1. The van der Waals surface area contributed by atoms with E-state index in [1.807, 2.05) is 13.8 Å². The van der Waals surface area contributed by atoms with Gasteiger partial charge in [0, 0.05) is 37.1 Å². The van der Waals surface area contributed by atoms with Crippen LogP contribution in [0.25, 0.3) is 0 Å². The molecule has 0 saturated carbocycles. The molecule has 5 nitrogen and oxygen atoms in total. The summed E-state index contributed by atoms with van der Waals surface area (Å²) in [6, 6.07) is 0. The minimum Gasteiger partial charge on any atom is -0.462 e. The second-order valence-corrected chi connectivity index (χ2v) is 4.54. The molecular weight excluding hydrogens is 246 g/mol. The Labute approximate surface area is 114 Å². The Morgan fingerprint density at radius 1 is 1.00 bits per heavy atom. The van der Waals surface area contributed by atoms with Gasteiger partial charge in [-0.05, 0) is 0 Å². The fourth-order valence-corrected chi connectivity index (χ4v) is 1.26. The second kappa shape index (κ2) is 10.3. The van der Waals surface area contributed by atoms with Gasteiger partial charge < -0.3 is 14.8 Å². The molecule has 2 atom stereocenters. The van der Waals surface area contributed by atoms with Crippen molar-refractivity contribution in [1.29, 1.82) is 0 Å². The summed E-state index contributed by atoms with van der Waals surface area (Å²) >= 11 is 0. The van der Waals surface area contributed by atoms with E-state index in [1.165, 1.54) is 0 Å². The third-order valence-corrected chi connectivity index (χ3v) is 2.34. The van der Waals surface area contributed by atoms with Crippen molar-refractivity contribution in [2.75, 3.05) is 26.3 Å².